The number of fused-ring (bicyclic) bond motifs is 1. The van der Waals surface area contributed by atoms with Crippen molar-refractivity contribution in [1.82, 2.24) is 14.5 Å². The van der Waals surface area contributed by atoms with Crippen LogP contribution in [0.5, 0.6) is 0 Å². The lowest BCUT2D eigenvalue weighted by Gasteiger charge is -2.14. The Labute approximate surface area is 116 Å². The molecule has 0 aliphatic carbocycles. The normalized spacial score (nSPS) is 15.4. The molecule has 0 fully saturated rings. The quantitative estimate of drug-likeness (QED) is 0.935. The van der Waals surface area contributed by atoms with Crippen LogP contribution in [0.15, 0.2) is 27.9 Å². The van der Waals surface area contributed by atoms with Gasteiger partial charge in [0, 0.05) is 24.3 Å². The van der Waals surface area contributed by atoms with E-state index in [1.54, 1.807) is 23.7 Å². The molecule has 1 N–H and O–H groups in total. The lowest BCUT2D eigenvalue weighted by atomic mass is 10.1. The van der Waals surface area contributed by atoms with Crippen LogP contribution < -0.4 is 4.72 Å². The number of thiophene rings is 1. The molecule has 5 nitrogen and oxygen atoms in total. The number of rotatable bonds is 4. The van der Waals surface area contributed by atoms with E-state index in [2.05, 4.69) is 9.82 Å². The number of nitrogens with one attached hydrogen (secondary N) is 1. The summed E-state index contributed by atoms with van der Waals surface area (Å²) in [6, 6.07) is 3.35. The van der Waals surface area contributed by atoms with E-state index in [4.69, 9.17) is 0 Å². The third-order valence-corrected chi connectivity index (χ3v) is 6.08. The van der Waals surface area contributed by atoms with Crippen molar-refractivity contribution in [3.05, 3.63) is 35.0 Å². The molecule has 3 rings (SSSR count). The Morgan fingerprint density at radius 1 is 1.42 bits per heavy atom. The summed E-state index contributed by atoms with van der Waals surface area (Å²) in [7, 11) is -3.39. The van der Waals surface area contributed by atoms with Crippen LogP contribution in [0.4, 0.5) is 0 Å². The maximum absolute atomic E-state index is 12.0. The molecule has 3 heterocycles. The molecule has 0 saturated heterocycles. The smallest absolute Gasteiger partial charge is 0.250 e. The Morgan fingerprint density at radius 3 is 3.11 bits per heavy atom. The van der Waals surface area contributed by atoms with E-state index in [0.29, 0.717) is 10.8 Å². The Morgan fingerprint density at radius 2 is 2.32 bits per heavy atom. The van der Waals surface area contributed by atoms with Gasteiger partial charge in [0.05, 0.1) is 6.20 Å². The van der Waals surface area contributed by atoms with Gasteiger partial charge < -0.3 is 0 Å². The second kappa shape index (κ2) is 5.07. The van der Waals surface area contributed by atoms with Crippen LogP contribution in [0.3, 0.4) is 0 Å². The average molecular weight is 297 g/mol. The number of sulfonamides is 1. The van der Waals surface area contributed by atoms with Crippen molar-refractivity contribution in [2.45, 2.75) is 36.6 Å². The van der Waals surface area contributed by atoms with Crippen LogP contribution in [0.25, 0.3) is 0 Å². The summed E-state index contributed by atoms with van der Waals surface area (Å²) in [5, 5.41) is 6.06. The molecule has 0 amide bonds. The van der Waals surface area contributed by atoms with Gasteiger partial charge in [0.25, 0.3) is 0 Å². The minimum Gasteiger partial charge on any atom is -0.269 e. The first-order valence-electron chi connectivity index (χ1n) is 6.23. The Hall–Kier alpha value is -1.18. The van der Waals surface area contributed by atoms with Gasteiger partial charge in [-0.15, -0.1) is 11.3 Å². The molecule has 7 heteroatoms. The van der Waals surface area contributed by atoms with Gasteiger partial charge in [0.15, 0.2) is 0 Å². The van der Waals surface area contributed by atoms with Crippen molar-refractivity contribution in [3.8, 4) is 0 Å². The highest BCUT2D eigenvalue weighted by atomic mass is 32.2. The number of aryl methyl sites for hydroxylation is 1. The van der Waals surface area contributed by atoms with Gasteiger partial charge in [-0.2, -0.15) is 5.10 Å². The molecule has 0 aromatic carbocycles. The van der Waals surface area contributed by atoms with E-state index >= 15 is 0 Å². The van der Waals surface area contributed by atoms with Crippen LogP contribution in [-0.4, -0.2) is 18.2 Å². The van der Waals surface area contributed by atoms with Gasteiger partial charge in [0.2, 0.25) is 10.0 Å². The van der Waals surface area contributed by atoms with Crippen molar-refractivity contribution in [2.75, 3.05) is 0 Å². The predicted molar refractivity (Wildman–Crippen MR) is 73.5 cm³/mol. The molecule has 1 aliphatic rings. The molecular formula is C12H15N3O2S2. The summed E-state index contributed by atoms with van der Waals surface area (Å²) in [5.41, 5.74) is 2.15. The molecule has 0 bridgehead atoms. The van der Waals surface area contributed by atoms with Crippen LogP contribution >= 0.6 is 11.3 Å². The van der Waals surface area contributed by atoms with Crippen molar-refractivity contribution >= 4 is 21.4 Å². The van der Waals surface area contributed by atoms with Crippen molar-refractivity contribution in [3.63, 3.8) is 0 Å². The molecule has 102 valence electrons. The second-order valence-corrected chi connectivity index (χ2v) is 7.49. The Kier molecular flexibility index (Phi) is 3.42. The zero-order chi connectivity index (χ0) is 13.3. The summed E-state index contributed by atoms with van der Waals surface area (Å²) < 4.78 is 29.0. The van der Waals surface area contributed by atoms with Crippen LogP contribution in [0, 0.1) is 0 Å². The van der Waals surface area contributed by atoms with E-state index in [0.717, 1.165) is 31.4 Å². The van der Waals surface area contributed by atoms with Gasteiger partial charge in [0.1, 0.15) is 4.21 Å². The van der Waals surface area contributed by atoms with Gasteiger partial charge >= 0.3 is 0 Å². The van der Waals surface area contributed by atoms with Crippen molar-refractivity contribution in [2.24, 2.45) is 0 Å². The fourth-order valence-electron chi connectivity index (χ4n) is 2.29. The molecule has 0 unspecified atom stereocenters. The Bertz CT molecular complexity index is 659. The number of nitrogens with zero attached hydrogens (tertiary/aromatic N) is 2. The maximum Gasteiger partial charge on any atom is 0.250 e. The highest BCUT2D eigenvalue weighted by molar-refractivity contribution is 7.91. The van der Waals surface area contributed by atoms with Crippen LogP contribution in [0.1, 0.15) is 24.1 Å². The van der Waals surface area contributed by atoms with Gasteiger partial charge in [-0.05, 0) is 30.7 Å². The molecule has 0 atom stereocenters. The van der Waals surface area contributed by atoms with E-state index in [9.17, 15) is 8.42 Å². The molecule has 0 radical (unpaired) electrons. The van der Waals surface area contributed by atoms with E-state index < -0.39 is 10.0 Å². The standard InChI is InChI=1S/C12H15N3O2S2/c16-19(17,12-5-3-7-18-12)14-9-10-8-13-15-6-2-1-4-11(10)15/h3,5,7-8,14H,1-2,4,6,9H2. The van der Waals surface area contributed by atoms with Crippen molar-refractivity contribution in [1.29, 1.82) is 0 Å². The SMILES string of the molecule is O=S(=O)(NCc1cnn2c1CCCC2)c1cccs1. The summed E-state index contributed by atoms with van der Waals surface area (Å²) in [5.74, 6) is 0. The summed E-state index contributed by atoms with van der Waals surface area (Å²) in [6.45, 7) is 1.25. The van der Waals surface area contributed by atoms with E-state index in [1.165, 1.54) is 17.0 Å². The fourth-order valence-corrected chi connectivity index (χ4v) is 4.34. The summed E-state index contributed by atoms with van der Waals surface area (Å²) >= 11 is 1.22. The van der Waals surface area contributed by atoms with Crippen LogP contribution in [-0.2, 0) is 29.5 Å². The first kappa shape index (κ1) is 12.8. The highest BCUT2D eigenvalue weighted by Crippen LogP contribution is 2.19. The zero-order valence-electron chi connectivity index (χ0n) is 10.4. The number of hydrogen-bond donors (Lipinski definition) is 1. The molecule has 2 aromatic rings. The topological polar surface area (TPSA) is 64.0 Å². The third kappa shape index (κ3) is 2.58. The maximum atomic E-state index is 12.0. The lowest BCUT2D eigenvalue weighted by molar-refractivity contribution is 0.484. The largest absolute Gasteiger partial charge is 0.269 e. The summed E-state index contributed by atoms with van der Waals surface area (Å²) in [6.07, 6.45) is 5.05. The third-order valence-electron chi connectivity index (χ3n) is 3.28. The monoisotopic (exact) mass is 297 g/mol. The second-order valence-electron chi connectivity index (χ2n) is 4.55. The lowest BCUT2D eigenvalue weighted by Crippen LogP contribution is -2.23. The molecule has 0 spiro atoms. The first-order chi connectivity index (χ1) is 9.17. The number of hydrogen-bond acceptors (Lipinski definition) is 4. The van der Waals surface area contributed by atoms with Gasteiger partial charge in [-0.1, -0.05) is 6.07 Å². The minimum absolute atomic E-state index is 0.315. The molecule has 2 aromatic heterocycles. The molecular weight excluding hydrogens is 282 g/mol. The average Bonchev–Trinajstić information content (AvgIpc) is 3.07. The first-order valence-corrected chi connectivity index (χ1v) is 8.60. The highest BCUT2D eigenvalue weighted by Gasteiger charge is 2.18. The molecule has 19 heavy (non-hydrogen) atoms. The van der Waals surface area contributed by atoms with Crippen LogP contribution in [0.2, 0.25) is 0 Å². The predicted octanol–water partition coefficient (Wildman–Crippen LogP) is 1.76. The molecule has 0 saturated carbocycles. The van der Waals surface area contributed by atoms with Crippen molar-refractivity contribution < 1.29 is 8.42 Å². The number of aromatic nitrogens is 2. The minimum atomic E-state index is -3.39. The van der Waals surface area contributed by atoms with E-state index in [-0.39, 0.29) is 0 Å². The van der Waals surface area contributed by atoms with Gasteiger partial charge in [-0.25, -0.2) is 13.1 Å². The van der Waals surface area contributed by atoms with E-state index in [1.807, 2.05) is 4.68 Å². The van der Waals surface area contributed by atoms with Gasteiger partial charge in [-0.3, -0.25) is 4.68 Å². The Balaban J connectivity index is 1.75. The zero-order valence-corrected chi connectivity index (χ0v) is 12.0. The fraction of sp³-hybridized carbons (Fsp3) is 0.417. The molecule has 1 aliphatic heterocycles. The summed E-state index contributed by atoms with van der Waals surface area (Å²) in [4.78, 5) is 0.